The first-order valence-corrected chi connectivity index (χ1v) is 12.0. The fourth-order valence-electron chi connectivity index (χ4n) is 4.63. The lowest BCUT2D eigenvalue weighted by Crippen LogP contribution is -2.49. The van der Waals surface area contributed by atoms with Crippen molar-refractivity contribution in [2.45, 2.75) is 41.2 Å². The third kappa shape index (κ3) is 4.99. The van der Waals surface area contributed by atoms with Gasteiger partial charge >= 0.3 is 0 Å². The zero-order valence-corrected chi connectivity index (χ0v) is 20.9. The van der Waals surface area contributed by atoms with E-state index in [-0.39, 0.29) is 18.0 Å². The van der Waals surface area contributed by atoms with E-state index in [9.17, 15) is 9.59 Å². The lowest BCUT2D eigenvalue weighted by Gasteiger charge is -2.37. The monoisotopic (exact) mass is 461 g/mol. The quantitative estimate of drug-likeness (QED) is 0.611. The standard InChI is InChI=1S/C27H35N5O2/c1-18-7-6-8-24(21(18)4)31-13-11-30(12-14-31)10-9-28-26(33)17-32-25-16-20(3)19(2)15-23(25)29-22(5)27(32)34/h6-8,15-16H,9-14,17H2,1-5H3,(H,28,33). The van der Waals surface area contributed by atoms with Gasteiger partial charge in [-0.1, -0.05) is 12.1 Å². The minimum Gasteiger partial charge on any atom is -0.369 e. The van der Waals surface area contributed by atoms with Crippen LogP contribution in [0.5, 0.6) is 0 Å². The molecule has 1 aliphatic rings. The number of carbonyl (C=O) groups is 1. The zero-order chi connectivity index (χ0) is 24.4. The fourth-order valence-corrected chi connectivity index (χ4v) is 4.63. The molecule has 0 unspecified atom stereocenters. The van der Waals surface area contributed by atoms with Gasteiger partial charge in [-0.15, -0.1) is 0 Å². The average Bonchev–Trinajstić information content (AvgIpc) is 2.81. The summed E-state index contributed by atoms with van der Waals surface area (Å²) >= 11 is 0. The number of hydrogen-bond acceptors (Lipinski definition) is 5. The molecule has 1 aliphatic heterocycles. The lowest BCUT2D eigenvalue weighted by molar-refractivity contribution is -0.121. The Balaban J connectivity index is 1.32. The van der Waals surface area contributed by atoms with Gasteiger partial charge in [-0.05, 0) is 75.1 Å². The molecule has 34 heavy (non-hydrogen) atoms. The van der Waals surface area contributed by atoms with Gasteiger partial charge in [-0.2, -0.15) is 0 Å². The second-order valence-electron chi connectivity index (χ2n) is 9.41. The maximum Gasteiger partial charge on any atom is 0.272 e. The highest BCUT2D eigenvalue weighted by Gasteiger charge is 2.19. The molecule has 1 aromatic heterocycles. The maximum absolute atomic E-state index is 12.7. The van der Waals surface area contributed by atoms with Crippen LogP contribution < -0.4 is 15.8 Å². The molecule has 4 rings (SSSR count). The van der Waals surface area contributed by atoms with Crippen LogP contribution in [-0.4, -0.2) is 59.6 Å². The second-order valence-corrected chi connectivity index (χ2v) is 9.41. The highest BCUT2D eigenvalue weighted by Crippen LogP contribution is 2.23. The van der Waals surface area contributed by atoms with Crippen LogP contribution in [0.1, 0.15) is 27.9 Å². The van der Waals surface area contributed by atoms with Gasteiger partial charge in [-0.25, -0.2) is 4.98 Å². The SMILES string of the molecule is Cc1cc2nc(C)c(=O)n(CC(=O)NCCN3CCN(c4cccc(C)c4C)CC3)c2cc1C. The van der Waals surface area contributed by atoms with Gasteiger partial charge < -0.3 is 10.2 Å². The Morgan fingerprint density at radius 1 is 0.971 bits per heavy atom. The summed E-state index contributed by atoms with van der Waals surface area (Å²) < 4.78 is 1.54. The summed E-state index contributed by atoms with van der Waals surface area (Å²) in [4.78, 5) is 34.7. The molecule has 1 saturated heterocycles. The number of hydrogen-bond donors (Lipinski definition) is 1. The predicted octanol–water partition coefficient (Wildman–Crippen LogP) is 2.88. The molecule has 0 spiro atoms. The van der Waals surface area contributed by atoms with Gasteiger partial charge in [0, 0.05) is 45.0 Å². The summed E-state index contributed by atoms with van der Waals surface area (Å²) in [5, 5.41) is 3.00. The number of nitrogens with one attached hydrogen (secondary N) is 1. The number of nitrogens with zero attached hydrogens (tertiary/aromatic N) is 4. The van der Waals surface area contributed by atoms with Crippen molar-refractivity contribution in [2.75, 3.05) is 44.2 Å². The molecule has 2 heterocycles. The highest BCUT2D eigenvalue weighted by molar-refractivity contribution is 5.81. The van der Waals surface area contributed by atoms with Gasteiger partial charge in [-0.3, -0.25) is 19.1 Å². The summed E-state index contributed by atoms with van der Waals surface area (Å²) in [7, 11) is 0. The molecule has 1 amide bonds. The molecule has 2 aromatic carbocycles. The number of amides is 1. The van der Waals surface area contributed by atoms with Crippen molar-refractivity contribution in [1.29, 1.82) is 0 Å². The zero-order valence-electron chi connectivity index (χ0n) is 20.9. The van der Waals surface area contributed by atoms with Crippen LogP contribution in [0.2, 0.25) is 0 Å². The van der Waals surface area contributed by atoms with Gasteiger partial charge in [0.2, 0.25) is 5.91 Å². The second kappa shape index (κ2) is 9.97. The molecule has 0 atom stereocenters. The van der Waals surface area contributed by atoms with Crippen LogP contribution in [0.4, 0.5) is 5.69 Å². The molecular weight excluding hydrogens is 426 g/mol. The molecule has 7 heteroatoms. The molecule has 0 aliphatic carbocycles. The smallest absolute Gasteiger partial charge is 0.272 e. The van der Waals surface area contributed by atoms with E-state index in [0.29, 0.717) is 17.8 Å². The number of aromatic nitrogens is 2. The summed E-state index contributed by atoms with van der Waals surface area (Å²) in [6, 6.07) is 10.4. The number of carbonyl (C=O) groups excluding carboxylic acids is 1. The van der Waals surface area contributed by atoms with Crippen molar-refractivity contribution in [3.05, 3.63) is 68.6 Å². The number of anilines is 1. The van der Waals surface area contributed by atoms with Crippen molar-refractivity contribution < 1.29 is 4.79 Å². The topological polar surface area (TPSA) is 70.5 Å². The Kier molecular flexibility index (Phi) is 7.03. The fraction of sp³-hybridized carbons (Fsp3) is 0.444. The van der Waals surface area contributed by atoms with Crippen LogP contribution in [-0.2, 0) is 11.3 Å². The molecule has 7 nitrogen and oxygen atoms in total. The molecule has 1 fully saturated rings. The Bertz CT molecular complexity index is 1270. The van der Waals surface area contributed by atoms with Gasteiger partial charge in [0.25, 0.3) is 5.56 Å². The van der Waals surface area contributed by atoms with Crippen molar-refractivity contribution >= 4 is 22.6 Å². The largest absolute Gasteiger partial charge is 0.369 e. The summed E-state index contributed by atoms with van der Waals surface area (Å²) in [6.45, 7) is 15.3. The number of rotatable bonds is 6. The Labute approximate surface area is 201 Å². The molecule has 0 saturated carbocycles. The summed E-state index contributed by atoms with van der Waals surface area (Å²) in [5.74, 6) is -0.152. The van der Waals surface area contributed by atoms with Gasteiger partial charge in [0.15, 0.2) is 0 Å². The predicted molar refractivity (Wildman–Crippen MR) is 138 cm³/mol. The normalized spacial score (nSPS) is 14.6. The highest BCUT2D eigenvalue weighted by atomic mass is 16.2. The molecule has 180 valence electrons. The van der Waals surface area contributed by atoms with Gasteiger partial charge in [0.05, 0.1) is 11.0 Å². The lowest BCUT2D eigenvalue weighted by atomic mass is 10.1. The van der Waals surface area contributed by atoms with Crippen molar-refractivity contribution in [1.82, 2.24) is 19.8 Å². The molecule has 0 bridgehead atoms. The first kappa shape index (κ1) is 24.0. The minimum absolute atomic E-state index is 0.00159. The Morgan fingerprint density at radius 2 is 1.68 bits per heavy atom. The van der Waals surface area contributed by atoms with Crippen LogP contribution in [0, 0.1) is 34.6 Å². The summed E-state index contributed by atoms with van der Waals surface area (Å²) in [5.41, 5.74) is 7.83. The molecule has 0 radical (unpaired) electrons. The third-order valence-corrected chi connectivity index (χ3v) is 7.07. The number of fused-ring (bicyclic) bond motifs is 1. The summed E-state index contributed by atoms with van der Waals surface area (Å²) in [6.07, 6.45) is 0. The van der Waals surface area contributed by atoms with E-state index in [2.05, 4.69) is 52.1 Å². The number of benzene rings is 2. The van der Waals surface area contributed by atoms with E-state index < -0.39 is 0 Å². The van der Waals surface area contributed by atoms with E-state index >= 15 is 0 Å². The van der Waals surface area contributed by atoms with Crippen molar-refractivity contribution in [3.8, 4) is 0 Å². The van der Waals surface area contributed by atoms with E-state index in [1.807, 2.05) is 26.0 Å². The van der Waals surface area contributed by atoms with E-state index in [4.69, 9.17) is 0 Å². The van der Waals surface area contributed by atoms with Crippen LogP contribution in [0.15, 0.2) is 35.1 Å². The minimum atomic E-state index is -0.214. The maximum atomic E-state index is 12.7. The molecule has 3 aromatic rings. The first-order chi connectivity index (χ1) is 16.2. The van der Waals surface area contributed by atoms with Crippen LogP contribution >= 0.6 is 0 Å². The Hall–Kier alpha value is -3.19. The van der Waals surface area contributed by atoms with E-state index in [1.54, 1.807) is 11.5 Å². The average molecular weight is 462 g/mol. The Morgan fingerprint density at radius 3 is 2.41 bits per heavy atom. The van der Waals surface area contributed by atoms with Crippen molar-refractivity contribution in [3.63, 3.8) is 0 Å². The van der Waals surface area contributed by atoms with Crippen LogP contribution in [0.25, 0.3) is 11.0 Å². The van der Waals surface area contributed by atoms with Crippen molar-refractivity contribution in [2.24, 2.45) is 0 Å². The van der Waals surface area contributed by atoms with E-state index in [1.165, 1.54) is 16.8 Å². The molecule has 1 N–H and O–H groups in total. The molecular formula is C27H35N5O2. The third-order valence-electron chi connectivity index (χ3n) is 7.07. The number of aryl methyl sites for hydroxylation is 4. The van der Waals surface area contributed by atoms with Crippen LogP contribution in [0.3, 0.4) is 0 Å². The number of piperazine rings is 1. The first-order valence-electron chi connectivity index (χ1n) is 12.0. The van der Waals surface area contributed by atoms with E-state index in [0.717, 1.165) is 49.4 Å². The van der Waals surface area contributed by atoms with Gasteiger partial charge in [0.1, 0.15) is 12.2 Å².